The van der Waals surface area contributed by atoms with Crippen LogP contribution in [-0.2, 0) is 9.53 Å². The Hall–Kier alpha value is -2.30. The molecule has 1 atom stereocenters. The van der Waals surface area contributed by atoms with Crippen molar-refractivity contribution in [3.63, 3.8) is 0 Å². The first kappa shape index (κ1) is 17.1. The van der Waals surface area contributed by atoms with Gasteiger partial charge in [-0.1, -0.05) is 26.0 Å². The molecule has 0 aliphatic heterocycles. The second kappa shape index (κ2) is 7.31. The van der Waals surface area contributed by atoms with E-state index in [2.05, 4.69) is 4.98 Å². The maximum Gasteiger partial charge on any atom is 0.306 e. The summed E-state index contributed by atoms with van der Waals surface area (Å²) >= 11 is 0. The zero-order chi connectivity index (χ0) is 17.0. The van der Waals surface area contributed by atoms with E-state index < -0.39 is 0 Å². The zero-order valence-corrected chi connectivity index (χ0v) is 13.8. The summed E-state index contributed by atoms with van der Waals surface area (Å²) in [6.45, 7) is 6.08. The molecule has 5 heteroatoms. The molecule has 5 nitrogen and oxygen atoms in total. The van der Waals surface area contributed by atoms with Gasteiger partial charge in [0.05, 0.1) is 24.1 Å². The lowest BCUT2D eigenvalue weighted by Crippen LogP contribution is -2.21. The fourth-order valence-corrected chi connectivity index (χ4v) is 2.91. The Kier molecular flexibility index (Phi) is 5.42. The standard InChI is InChI=1S/C18H23NO4/c1-4-23-15(20)10-12(9-11(2)3)16-17(21)13-7-5-6-8-14(13)19-18(16)22/h5-8,11-12H,4,9-10H2,1-3H3,(H2,19,21,22)/t12-/m1/s1. The monoisotopic (exact) mass is 317 g/mol. The van der Waals surface area contributed by atoms with E-state index in [4.69, 9.17) is 4.74 Å². The number of carbonyl (C=O) groups is 1. The lowest BCUT2D eigenvalue weighted by molar-refractivity contribution is -0.143. The van der Waals surface area contributed by atoms with Crippen LogP contribution in [0.25, 0.3) is 10.9 Å². The number of hydrogen-bond acceptors (Lipinski definition) is 4. The molecule has 1 heterocycles. The molecule has 2 N–H and O–H groups in total. The molecule has 23 heavy (non-hydrogen) atoms. The Morgan fingerprint density at radius 3 is 2.65 bits per heavy atom. The smallest absolute Gasteiger partial charge is 0.306 e. The zero-order valence-electron chi connectivity index (χ0n) is 13.8. The first-order valence-electron chi connectivity index (χ1n) is 7.93. The summed E-state index contributed by atoms with van der Waals surface area (Å²) in [6, 6.07) is 7.08. The van der Waals surface area contributed by atoms with Crippen molar-refractivity contribution in [3.8, 4) is 5.75 Å². The molecular weight excluding hydrogens is 294 g/mol. The molecule has 2 aromatic rings. The lowest BCUT2D eigenvalue weighted by atomic mass is 9.87. The van der Waals surface area contributed by atoms with Crippen molar-refractivity contribution in [2.75, 3.05) is 6.61 Å². The summed E-state index contributed by atoms with van der Waals surface area (Å²) in [5.74, 6) is -0.494. The number of para-hydroxylation sites is 1. The minimum atomic E-state index is -0.373. The number of pyridine rings is 1. The van der Waals surface area contributed by atoms with Crippen molar-refractivity contribution in [2.45, 2.75) is 39.5 Å². The fourth-order valence-electron chi connectivity index (χ4n) is 2.91. The minimum absolute atomic E-state index is 0.0423. The van der Waals surface area contributed by atoms with Crippen LogP contribution in [0.3, 0.4) is 0 Å². The highest BCUT2D eigenvalue weighted by molar-refractivity contribution is 5.86. The SMILES string of the molecule is CCOC(=O)C[C@@H](CC(C)C)c1c(O)c2ccccc2[nH]c1=O. The first-order valence-corrected chi connectivity index (χ1v) is 7.93. The van der Waals surface area contributed by atoms with Gasteiger partial charge in [0.15, 0.2) is 0 Å². The third-order valence-electron chi connectivity index (χ3n) is 3.81. The normalized spacial score (nSPS) is 12.5. The number of rotatable bonds is 6. The number of ether oxygens (including phenoxy) is 1. The number of aromatic nitrogens is 1. The number of fused-ring (bicyclic) bond motifs is 1. The molecule has 0 saturated heterocycles. The Labute approximate surface area is 135 Å². The second-order valence-corrected chi connectivity index (χ2v) is 6.10. The van der Waals surface area contributed by atoms with Crippen LogP contribution in [0.5, 0.6) is 5.75 Å². The maximum absolute atomic E-state index is 12.4. The largest absolute Gasteiger partial charge is 0.507 e. The summed E-state index contributed by atoms with van der Waals surface area (Å²) < 4.78 is 5.01. The number of carbonyl (C=O) groups excluding carboxylic acids is 1. The van der Waals surface area contributed by atoms with Gasteiger partial charge in [0, 0.05) is 11.3 Å². The molecule has 0 saturated carbocycles. The average Bonchev–Trinajstić information content (AvgIpc) is 2.46. The number of benzene rings is 1. The van der Waals surface area contributed by atoms with E-state index in [9.17, 15) is 14.7 Å². The van der Waals surface area contributed by atoms with Crippen molar-refractivity contribution in [1.29, 1.82) is 0 Å². The van der Waals surface area contributed by atoms with Crippen LogP contribution in [0.4, 0.5) is 0 Å². The number of nitrogens with one attached hydrogen (secondary N) is 1. The van der Waals surface area contributed by atoms with Crippen LogP contribution in [0.1, 0.15) is 45.1 Å². The van der Waals surface area contributed by atoms with Crippen LogP contribution in [0, 0.1) is 5.92 Å². The molecular formula is C18H23NO4. The van der Waals surface area contributed by atoms with Gasteiger partial charge < -0.3 is 14.8 Å². The van der Waals surface area contributed by atoms with Gasteiger partial charge in [0.1, 0.15) is 5.75 Å². The summed E-state index contributed by atoms with van der Waals surface area (Å²) in [5.41, 5.74) is 0.500. The van der Waals surface area contributed by atoms with Crippen molar-refractivity contribution < 1.29 is 14.6 Å². The molecule has 1 aromatic heterocycles. The van der Waals surface area contributed by atoms with E-state index in [0.29, 0.717) is 23.9 Å². The molecule has 2 rings (SSSR count). The summed E-state index contributed by atoms with van der Waals surface area (Å²) in [6.07, 6.45) is 0.703. The number of H-pyrrole nitrogens is 1. The topological polar surface area (TPSA) is 79.4 Å². The van der Waals surface area contributed by atoms with E-state index in [1.165, 1.54) is 0 Å². The van der Waals surface area contributed by atoms with Gasteiger partial charge in [-0.05, 0) is 31.4 Å². The fraction of sp³-hybridized carbons (Fsp3) is 0.444. The van der Waals surface area contributed by atoms with Crippen LogP contribution in [-0.4, -0.2) is 22.7 Å². The van der Waals surface area contributed by atoms with Gasteiger partial charge in [-0.2, -0.15) is 0 Å². The molecule has 0 unspecified atom stereocenters. The predicted octanol–water partition coefficient (Wildman–Crippen LogP) is 3.32. The third-order valence-corrected chi connectivity index (χ3v) is 3.81. The average molecular weight is 317 g/mol. The minimum Gasteiger partial charge on any atom is -0.507 e. The van der Waals surface area contributed by atoms with Crippen LogP contribution < -0.4 is 5.56 Å². The van der Waals surface area contributed by atoms with Crippen molar-refractivity contribution in [2.24, 2.45) is 5.92 Å². The molecule has 0 bridgehead atoms. The Balaban J connectivity index is 2.51. The van der Waals surface area contributed by atoms with E-state index in [1.807, 2.05) is 13.8 Å². The van der Waals surface area contributed by atoms with Crippen molar-refractivity contribution >= 4 is 16.9 Å². The highest BCUT2D eigenvalue weighted by Gasteiger charge is 2.25. The molecule has 0 fully saturated rings. The van der Waals surface area contributed by atoms with E-state index in [0.717, 1.165) is 0 Å². The first-order chi connectivity index (χ1) is 10.9. The van der Waals surface area contributed by atoms with Gasteiger partial charge in [-0.15, -0.1) is 0 Å². The molecule has 0 amide bonds. The van der Waals surface area contributed by atoms with Crippen LogP contribution in [0.2, 0.25) is 0 Å². The summed E-state index contributed by atoms with van der Waals surface area (Å²) in [5, 5.41) is 11.2. The molecule has 0 radical (unpaired) electrons. The van der Waals surface area contributed by atoms with Gasteiger partial charge in [0.25, 0.3) is 5.56 Å². The lowest BCUT2D eigenvalue weighted by Gasteiger charge is -2.19. The molecule has 0 aliphatic carbocycles. The molecule has 0 aliphatic rings. The molecule has 0 spiro atoms. The third kappa shape index (κ3) is 3.92. The van der Waals surface area contributed by atoms with Gasteiger partial charge >= 0.3 is 5.97 Å². The molecule has 124 valence electrons. The Morgan fingerprint density at radius 2 is 2.00 bits per heavy atom. The van der Waals surface area contributed by atoms with E-state index in [-0.39, 0.29) is 41.1 Å². The molecule has 1 aromatic carbocycles. The van der Waals surface area contributed by atoms with Crippen LogP contribution >= 0.6 is 0 Å². The number of hydrogen-bond donors (Lipinski definition) is 2. The highest BCUT2D eigenvalue weighted by atomic mass is 16.5. The van der Waals surface area contributed by atoms with Crippen molar-refractivity contribution in [1.82, 2.24) is 4.98 Å². The number of esters is 1. The highest BCUT2D eigenvalue weighted by Crippen LogP contribution is 2.34. The predicted molar refractivity (Wildman–Crippen MR) is 89.7 cm³/mol. The quantitative estimate of drug-likeness (QED) is 0.801. The Morgan fingerprint density at radius 1 is 1.30 bits per heavy atom. The van der Waals surface area contributed by atoms with Crippen LogP contribution in [0.15, 0.2) is 29.1 Å². The van der Waals surface area contributed by atoms with Gasteiger partial charge in [-0.3, -0.25) is 9.59 Å². The maximum atomic E-state index is 12.4. The summed E-state index contributed by atoms with van der Waals surface area (Å²) in [4.78, 5) is 27.1. The van der Waals surface area contributed by atoms with E-state index >= 15 is 0 Å². The second-order valence-electron chi connectivity index (χ2n) is 6.10. The van der Waals surface area contributed by atoms with Gasteiger partial charge in [0.2, 0.25) is 0 Å². The number of aromatic amines is 1. The van der Waals surface area contributed by atoms with E-state index in [1.54, 1.807) is 31.2 Å². The summed E-state index contributed by atoms with van der Waals surface area (Å²) in [7, 11) is 0. The van der Waals surface area contributed by atoms with Gasteiger partial charge in [-0.25, -0.2) is 0 Å². The Bertz CT molecular complexity index is 748. The van der Waals surface area contributed by atoms with Crippen molar-refractivity contribution in [3.05, 3.63) is 40.2 Å². The number of aromatic hydroxyl groups is 1.